The maximum Gasteiger partial charge on any atom is 0.319 e. The highest BCUT2D eigenvalue weighted by Crippen LogP contribution is 2.34. The fourth-order valence-electron chi connectivity index (χ4n) is 2.23. The minimum absolute atomic E-state index is 0.0316. The second kappa shape index (κ2) is 9.99. The summed E-state index contributed by atoms with van der Waals surface area (Å²) in [7, 11) is 0. The van der Waals surface area contributed by atoms with Gasteiger partial charge in [0.1, 0.15) is 11.2 Å². The number of ketones is 1. The van der Waals surface area contributed by atoms with Gasteiger partial charge in [-0.3, -0.25) is 9.59 Å². The maximum atomic E-state index is 12.4. The molecule has 0 aliphatic heterocycles. The second-order valence-electron chi connectivity index (χ2n) is 5.33. The van der Waals surface area contributed by atoms with Crippen molar-refractivity contribution in [1.82, 2.24) is 0 Å². The Hall–Kier alpha value is -0.860. The number of hydrogen-bond acceptors (Lipinski definition) is 3. The Kier molecular flexibility index (Phi) is 9.54. The highest BCUT2D eigenvalue weighted by atomic mass is 16.5. The summed E-state index contributed by atoms with van der Waals surface area (Å²) in [4.78, 5) is 24.4. The number of carbonyl (C=O) groups is 2. The van der Waals surface area contributed by atoms with E-state index in [4.69, 9.17) is 4.74 Å². The van der Waals surface area contributed by atoms with Gasteiger partial charge in [0.05, 0.1) is 6.61 Å². The molecule has 0 unspecified atom stereocenters. The van der Waals surface area contributed by atoms with Crippen molar-refractivity contribution in [3.63, 3.8) is 0 Å². The average Bonchev–Trinajstić information content (AvgIpc) is 2.39. The fourth-order valence-corrected chi connectivity index (χ4v) is 2.23. The van der Waals surface area contributed by atoms with Crippen LogP contribution in [-0.4, -0.2) is 18.4 Å². The lowest BCUT2D eigenvalue weighted by Crippen LogP contribution is -2.39. The topological polar surface area (TPSA) is 43.4 Å². The van der Waals surface area contributed by atoms with Crippen molar-refractivity contribution in [2.24, 2.45) is 5.41 Å². The SMILES string of the molecule is CCCCOC(=O)C(CCCC)(CCCC)C(C)=O. The van der Waals surface area contributed by atoms with Crippen molar-refractivity contribution in [2.75, 3.05) is 6.61 Å². The minimum atomic E-state index is -0.889. The smallest absolute Gasteiger partial charge is 0.319 e. The monoisotopic (exact) mass is 270 g/mol. The largest absolute Gasteiger partial charge is 0.465 e. The Balaban J connectivity index is 4.85. The van der Waals surface area contributed by atoms with E-state index in [1.807, 2.05) is 0 Å². The fraction of sp³-hybridized carbons (Fsp3) is 0.875. The van der Waals surface area contributed by atoms with Gasteiger partial charge in [0.25, 0.3) is 0 Å². The van der Waals surface area contributed by atoms with Crippen molar-refractivity contribution in [1.29, 1.82) is 0 Å². The molecule has 0 bridgehead atoms. The van der Waals surface area contributed by atoms with E-state index >= 15 is 0 Å². The summed E-state index contributed by atoms with van der Waals surface area (Å²) in [6.45, 7) is 8.18. The molecule has 0 aliphatic carbocycles. The molecule has 0 radical (unpaired) electrons. The summed E-state index contributed by atoms with van der Waals surface area (Å²) in [5.74, 6) is -0.328. The van der Waals surface area contributed by atoms with E-state index in [-0.39, 0.29) is 11.8 Å². The normalized spacial score (nSPS) is 11.4. The van der Waals surface area contributed by atoms with Crippen molar-refractivity contribution in [2.45, 2.75) is 79.1 Å². The van der Waals surface area contributed by atoms with Crippen LogP contribution < -0.4 is 0 Å². The standard InChI is InChI=1S/C16H30O3/c1-5-8-11-16(14(4)17,12-9-6-2)15(18)19-13-10-7-3/h5-13H2,1-4H3. The maximum absolute atomic E-state index is 12.4. The summed E-state index contributed by atoms with van der Waals surface area (Å²) in [5.41, 5.74) is -0.889. The Bertz CT molecular complexity index is 263. The number of rotatable bonds is 11. The first-order chi connectivity index (χ1) is 9.05. The molecule has 0 saturated heterocycles. The van der Waals surface area contributed by atoms with E-state index < -0.39 is 5.41 Å². The summed E-state index contributed by atoms with van der Waals surface area (Å²) < 4.78 is 5.34. The van der Waals surface area contributed by atoms with Gasteiger partial charge in [-0.15, -0.1) is 0 Å². The number of unbranched alkanes of at least 4 members (excludes halogenated alkanes) is 3. The first-order valence-corrected chi connectivity index (χ1v) is 7.73. The van der Waals surface area contributed by atoms with Gasteiger partial charge < -0.3 is 4.74 Å². The van der Waals surface area contributed by atoms with Crippen LogP contribution >= 0.6 is 0 Å². The van der Waals surface area contributed by atoms with Crippen molar-refractivity contribution in [3.05, 3.63) is 0 Å². The quantitative estimate of drug-likeness (QED) is 0.319. The molecule has 0 atom stereocenters. The molecule has 0 N–H and O–H groups in total. The van der Waals surface area contributed by atoms with Gasteiger partial charge in [-0.1, -0.05) is 52.9 Å². The lowest BCUT2D eigenvalue weighted by atomic mass is 9.75. The van der Waals surface area contributed by atoms with Crippen LogP contribution in [0.25, 0.3) is 0 Å². The van der Waals surface area contributed by atoms with Crippen LogP contribution in [0.5, 0.6) is 0 Å². The van der Waals surface area contributed by atoms with E-state index in [9.17, 15) is 9.59 Å². The Labute approximate surface area is 118 Å². The summed E-state index contributed by atoms with van der Waals surface area (Å²) in [5, 5.41) is 0. The van der Waals surface area contributed by atoms with Crippen LogP contribution in [0.3, 0.4) is 0 Å². The molecule has 0 rings (SSSR count). The second-order valence-corrected chi connectivity index (χ2v) is 5.33. The zero-order chi connectivity index (χ0) is 14.7. The van der Waals surface area contributed by atoms with E-state index in [1.54, 1.807) is 0 Å². The van der Waals surface area contributed by atoms with Crippen LogP contribution in [0.1, 0.15) is 79.1 Å². The highest BCUT2D eigenvalue weighted by Gasteiger charge is 2.43. The molecule has 0 aliphatic rings. The third-order valence-electron chi connectivity index (χ3n) is 3.71. The van der Waals surface area contributed by atoms with E-state index in [0.29, 0.717) is 19.4 Å². The molecular formula is C16H30O3. The van der Waals surface area contributed by atoms with Crippen molar-refractivity contribution >= 4 is 11.8 Å². The zero-order valence-corrected chi connectivity index (χ0v) is 13.1. The van der Waals surface area contributed by atoms with Gasteiger partial charge in [0.15, 0.2) is 0 Å². The van der Waals surface area contributed by atoms with Crippen molar-refractivity contribution in [3.8, 4) is 0 Å². The molecule has 112 valence electrons. The number of Topliss-reactive ketones (excluding diaryl/α,β-unsaturated/α-hetero) is 1. The Morgan fingerprint density at radius 3 is 1.74 bits per heavy atom. The van der Waals surface area contributed by atoms with E-state index in [0.717, 1.165) is 38.5 Å². The molecular weight excluding hydrogens is 240 g/mol. The van der Waals surface area contributed by atoms with Gasteiger partial charge in [-0.05, 0) is 26.2 Å². The number of esters is 1. The van der Waals surface area contributed by atoms with Gasteiger partial charge in [0.2, 0.25) is 0 Å². The zero-order valence-electron chi connectivity index (χ0n) is 13.1. The molecule has 0 aromatic rings. The molecule has 0 aromatic heterocycles. The molecule has 0 saturated carbocycles. The van der Waals surface area contributed by atoms with Crippen LogP contribution in [0, 0.1) is 5.41 Å². The predicted octanol–water partition coefficient (Wildman–Crippen LogP) is 4.29. The Morgan fingerprint density at radius 1 is 0.895 bits per heavy atom. The lowest BCUT2D eigenvalue weighted by Gasteiger charge is -2.29. The average molecular weight is 270 g/mol. The third kappa shape index (κ3) is 5.75. The Morgan fingerprint density at radius 2 is 1.37 bits per heavy atom. The lowest BCUT2D eigenvalue weighted by molar-refractivity contribution is -0.161. The molecule has 19 heavy (non-hydrogen) atoms. The molecule has 0 aromatic carbocycles. The summed E-state index contributed by atoms with van der Waals surface area (Å²) in [6.07, 6.45) is 6.88. The van der Waals surface area contributed by atoms with Crippen molar-refractivity contribution < 1.29 is 14.3 Å². The number of hydrogen-bond donors (Lipinski definition) is 0. The summed E-state index contributed by atoms with van der Waals surface area (Å²) >= 11 is 0. The molecule has 0 heterocycles. The van der Waals surface area contributed by atoms with Crippen LogP contribution in [0.2, 0.25) is 0 Å². The highest BCUT2D eigenvalue weighted by molar-refractivity contribution is 6.02. The molecule has 3 heteroatoms. The van der Waals surface area contributed by atoms with Crippen LogP contribution in [0.15, 0.2) is 0 Å². The first-order valence-electron chi connectivity index (χ1n) is 7.73. The third-order valence-corrected chi connectivity index (χ3v) is 3.71. The van der Waals surface area contributed by atoms with Crippen LogP contribution in [0.4, 0.5) is 0 Å². The van der Waals surface area contributed by atoms with Gasteiger partial charge in [-0.25, -0.2) is 0 Å². The van der Waals surface area contributed by atoms with Gasteiger partial charge >= 0.3 is 5.97 Å². The van der Waals surface area contributed by atoms with Gasteiger partial charge in [-0.2, -0.15) is 0 Å². The van der Waals surface area contributed by atoms with Gasteiger partial charge in [0, 0.05) is 0 Å². The molecule has 0 spiro atoms. The number of ether oxygens (including phenoxy) is 1. The minimum Gasteiger partial charge on any atom is -0.465 e. The molecule has 0 amide bonds. The van der Waals surface area contributed by atoms with E-state index in [2.05, 4.69) is 20.8 Å². The van der Waals surface area contributed by atoms with E-state index in [1.165, 1.54) is 6.92 Å². The molecule has 3 nitrogen and oxygen atoms in total. The first kappa shape index (κ1) is 18.1. The predicted molar refractivity (Wildman–Crippen MR) is 78.0 cm³/mol. The molecule has 0 fully saturated rings. The number of carbonyl (C=O) groups excluding carboxylic acids is 2. The van der Waals surface area contributed by atoms with Crippen LogP contribution in [-0.2, 0) is 14.3 Å². The summed E-state index contributed by atoms with van der Waals surface area (Å²) in [6, 6.07) is 0.